The number of alkyl halides is 6. The van der Waals surface area contributed by atoms with Gasteiger partial charge >= 0.3 is 12.7 Å². The molecule has 2 aromatic carbocycles. The maximum atomic E-state index is 12.6. The Morgan fingerprint density at radius 3 is 1.54 bits per heavy atom. The number of halogens is 6. The van der Waals surface area contributed by atoms with E-state index in [1.54, 1.807) is 0 Å². The highest BCUT2D eigenvalue weighted by Crippen LogP contribution is 2.33. The SMILES string of the molecule is O=CCCC(C(=O)/C=C/c1ccc(O)c(OC(F)(F)F)c1)C(=O)/C=C/c1ccc(O)c(OC(F)(F)F)c1. The number of aromatic hydroxyl groups is 2. The van der Waals surface area contributed by atoms with Crippen molar-refractivity contribution in [2.24, 2.45) is 5.92 Å². The van der Waals surface area contributed by atoms with Gasteiger partial charge in [-0.05, 0) is 54.0 Å². The van der Waals surface area contributed by atoms with Crippen molar-refractivity contribution in [3.8, 4) is 23.0 Å². The van der Waals surface area contributed by atoms with E-state index in [1.807, 2.05) is 0 Å². The Bertz CT molecular complexity index is 1110. The van der Waals surface area contributed by atoms with Gasteiger partial charge in [0, 0.05) is 6.42 Å². The molecular formula is C24H18F6O7. The second-order valence-electron chi connectivity index (χ2n) is 7.32. The summed E-state index contributed by atoms with van der Waals surface area (Å²) in [5, 5.41) is 19.0. The normalized spacial score (nSPS) is 12.3. The maximum Gasteiger partial charge on any atom is 0.573 e. The lowest BCUT2D eigenvalue weighted by molar-refractivity contribution is -0.276. The summed E-state index contributed by atoms with van der Waals surface area (Å²) in [7, 11) is 0. The molecule has 0 spiro atoms. The van der Waals surface area contributed by atoms with Gasteiger partial charge in [0.1, 0.15) is 6.29 Å². The molecular weight excluding hydrogens is 514 g/mol. The van der Waals surface area contributed by atoms with Crippen molar-refractivity contribution in [2.45, 2.75) is 25.6 Å². The van der Waals surface area contributed by atoms with Gasteiger partial charge in [0.15, 0.2) is 34.6 Å². The maximum absolute atomic E-state index is 12.6. The van der Waals surface area contributed by atoms with Gasteiger partial charge < -0.3 is 24.5 Å². The molecule has 0 atom stereocenters. The molecule has 13 heteroatoms. The van der Waals surface area contributed by atoms with Gasteiger partial charge in [-0.15, -0.1) is 26.3 Å². The summed E-state index contributed by atoms with van der Waals surface area (Å²) < 4.78 is 82.0. The Labute approximate surface area is 205 Å². The third kappa shape index (κ3) is 9.70. The Kier molecular flexibility index (Phi) is 9.47. The molecule has 0 bridgehead atoms. The van der Waals surface area contributed by atoms with Crippen LogP contribution in [-0.4, -0.2) is 40.8 Å². The standard InChI is InChI=1S/C24H18F6O7/c25-23(26,27)36-21-12-14(5-9-19(21)34)3-7-17(32)16(2-1-11-31)18(33)8-4-15-6-10-20(35)22(13-15)37-24(28,29)30/h3-13,16,34-35H,1-2H2/b7-3+,8-4+. The first-order valence-corrected chi connectivity index (χ1v) is 10.2. The number of hydrogen-bond acceptors (Lipinski definition) is 7. The van der Waals surface area contributed by atoms with Crippen molar-refractivity contribution < 1.29 is 60.4 Å². The first-order chi connectivity index (χ1) is 17.2. The molecule has 7 nitrogen and oxygen atoms in total. The van der Waals surface area contributed by atoms with Crippen LogP contribution >= 0.6 is 0 Å². The number of carbonyl (C=O) groups excluding carboxylic acids is 3. The van der Waals surface area contributed by atoms with E-state index < -0.39 is 53.2 Å². The largest absolute Gasteiger partial charge is 0.573 e. The van der Waals surface area contributed by atoms with Gasteiger partial charge in [-0.3, -0.25) is 9.59 Å². The monoisotopic (exact) mass is 532 g/mol. The zero-order valence-electron chi connectivity index (χ0n) is 18.5. The molecule has 2 N–H and O–H groups in total. The lowest BCUT2D eigenvalue weighted by Gasteiger charge is -2.11. The molecule has 0 aliphatic heterocycles. The minimum Gasteiger partial charge on any atom is -0.504 e. The number of phenolic OH excluding ortho intramolecular Hbond substituents is 2. The van der Waals surface area contributed by atoms with Crippen LogP contribution in [-0.2, 0) is 14.4 Å². The summed E-state index contributed by atoms with van der Waals surface area (Å²) in [5.74, 6) is -6.44. The fourth-order valence-electron chi connectivity index (χ4n) is 2.93. The van der Waals surface area contributed by atoms with Crippen LogP contribution in [0.2, 0.25) is 0 Å². The molecule has 0 heterocycles. The van der Waals surface area contributed by atoms with Crippen molar-refractivity contribution in [3.63, 3.8) is 0 Å². The molecule has 0 fully saturated rings. The highest BCUT2D eigenvalue weighted by atomic mass is 19.4. The molecule has 0 amide bonds. The lowest BCUT2D eigenvalue weighted by Crippen LogP contribution is -2.21. The average molecular weight is 532 g/mol. The van der Waals surface area contributed by atoms with Crippen molar-refractivity contribution >= 4 is 30.0 Å². The summed E-state index contributed by atoms with van der Waals surface area (Å²) in [6, 6.07) is 5.76. The first-order valence-electron chi connectivity index (χ1n) is 10.2. The average Bonchev–Trinajstić information content (AvgIpc) is 2.78. The van der Waals surface area contributed by atoms with Crippen LogP contribution in [0.25, 0.3) is 12.2 Å². The number of carbonyl (C=O) groups is 3. The van der Waals surface area contributed by atoms with E-state index in [2.05, 4.69) is 9.47 Å². The lowest BCUT2D eigenvalue weighted by atomic mass is 9.92. The molecule has 0 aliphatic rings. The van der Waals surface area contributed by atoms with Gasteiger partial charge in [0.05, 0.1) is 5.92 Å². The van der Waals surface area contributed by atoms with Crippen molar-refractivity contribution in [1.82, 2.24) is 0 Å². The van der Waals surface area contributed by atoms with Crippen molar-refractivity contribution in [3.05, 3.63) is 59.7 Å². The summed E-state index contributed by atoms with van der Waals surface area (Å²) in [4.78, 5) is 36.0. The number of ether oxygens (including phenoxy) is 2. The highest BCUT2D eigenvalue weighted by Gasteiger charge is 2.33. The van der Waals surface area contributed by atoms with E-state index in [0.29, 0.717) is 6.29 Å². The number of hydrogen-bond donors (Lipinski definition) is 2. The van der Waals surface area contributed by atoms with Gasteiger partial charge in [-0.2, -0.15) is 0 Å². The van der Waals surface area contributed by atoms with Crippen LogP contribution in [0, 0.1) is 5.92 Å². The van der Waals surface area contributed by atoms with Crippen LogP contribution in [0.1, 0.15) is 24.0 Å². The van der Waals surface area contributed by atoms with Crippen LogP contribution in [0.15, 0.2) is 48.6 Å². The number of ketones is 2. The van der Waals surface area contributed by atoms with Crippen LogP contribution < -0.4 is 9.47 Å². The van der Waals surface area contributed by atoms with Gasteiger partial charge in [-0.25, -0.2) is 0 Å². The summed E-state index contributed by atoms with van der Waals surface area (Å²) >= 11 is 0. The van der Waals surface area contributed by atoms with Crippen molar-refractivity contribution in [1.29, 1.82) is 0 Å². The predicted octanol–water partition coefficient (Wildman–Crippen LogP) is 5.36. The number of aldehydes is 1. The number of phenols is 2. The van der Waals surface area contributed by atoms with Gasteiger partial charge in [0.2, 0.25) is 0 Å². The topological polar surface area (TPSA) is 110 Å². The molecule has 0 saturated carbocycles. The Balaban J connectivity index is 2.22. The van der Waals surface area contributed by atoms with E-state index in [1.165, 1.54) is 12.1 Å². The van der Waals surface area contributed by atoms with Gasteiger partial charge in [0.25, 0.3) is 0 Å². The molecule has 0 aliphatic carbocycles. The van der Waals surface area contributed by atoms with Crippen LogP contribution in [0.5, 0.6) is 23.0 Å². The Morgan fingerprint density at radius 2 is 1.19 bits per heavy atom. The molecule has 0 radical (unpaired) electrons. The van der Waals surface area contributed by atoms with Crippen molar-refractivity contribution in [2.75, 3.05) is 0 Å². The summed E-state index contributed by atoms with van der Waals surface area (Å²) in [5.41, 5.74) is 0.0348. The third-order valence-electron chi connectivity index (χ3n) is 4.56. The fourth-order valence-corrected chi connectivity index (χ4v) is 2.93. The highest BCUT2D eigenvalue weighted by molar-refractivity contribution is 6.13. The summed E-state index contributed by atoms with van der Waals surface area (Å²) in [6.45, 7) is 0. The zero-order chi connectivity index (χ0) is 27.8. The Morgan fingerprint density at radius 1 is 0.784 bits per heavy atom. The molecule has 2 aromatic rings. The van der Waals surface area contributed by atoms with E-state index in [9.17, 15) is 50.9 Å². The van der Waals surface area contributed by atoms with Crippen LogP contribution in [0.3, 0.4) is 0 Å². The molecule has 2 rings (SSSR count). The fraction of sp³-hybridized carbons (Fsp3) is 0.208. The minimum atomic E-state index is -5.08. The second-order valence-corrected chi connectivity index (χ2v) is 7.32. The molecule has 37 heavy (non-hydrogen) atoms. The van der Waals surface area contributed by atoms with E-state index in [0.717, 1.165) is 48.6 Å². The van der Waals surface area contributed by atoms with E-state index >= 15 is 0 Å². The second kappa shape index (κ2) is 12.1. The van der Waals surface area contributed by atoms with E-state index in [4.69, 9.17) is 0 Å². The molecule has 0 aromatic heterocycles. The molecule has 198 valence electrons. The van der Waals surface area contributed by atoms with E-state index in [-0.39, 0.29) is 24.0 Å². The quantitative estimate of drug-likeness (QED) is 0.174. The predicted molar refractivity (Wildman–Crippen MR) is 116 cm³/mol. The first kappa shape index (κ1) is 28.9. The smallest absolute Gasteiger partial charge is 0.504 e. The summed E-state index contributed by atoms with van der Waals surface area (Å²) in [6.07, 6.45) is -6.19. The Hall–Kier alpha value is -4.29. The minimum absolute atomic E-state index is 0.0174. The van der Waals surface area contributed by atoms with Crippen LogP contribution in [0.4, 0.5) is 26.3 Å². The number of allylic oxidation sites excluding steroid dienone is 2. The number of rotatable bonds is 11. The van der Waals surface area contributed by atoms with Gasteiger partial charge in [-0.1, -0.05) is 24.3 Å². The third-order valence-corrected chi connectivity index (χ3v) is 4.56. The number of benzene rings is 2. The molecule has 0 unspecified atom stereocenters. The molecule has 0 saturated heterocycles. The zero-order valence-corrected chi connectivity index (χ0v) is 18.5.